The lowest BCUT2D eigenvalue weighted by Gasteiger charge is -2.13. The Morgan fingerprint density at radius 2 is 1.89 bits per heavy atom. The molecule has 0 fully saturated rings. The first-order valence-corrected chi connectivity index (χ1v) is 5.76. The maximum atomic E-state index is 13.6. The summed E-state index contributed by atoms with van der Waals surface area (Å²) < 4.78 is 26.4. The van der Waals surface area contributed by atoms with E-state index in [1.54, 1.807) is 24.3 Å². The monoisotopic (exact) mass is 260 g/mol. The van der Waals surface area contributed by atoms with Gasteiger partial charge in [0.2, 0.25) is 0 Å². The van der Waals surface area contributed by atoms with Gasteiger partial charge < -0.3 is 10.6 Å². The molecule has 2 aromatic rings. The van der Waals surface area contributed by atoms with Gasteiger partial charge in [0.1, 0.15) is 17.7 Å². The third-order valence-corrected chi connectivity index (χ3v) is 3.02. The van der Waals surface area contributed by atoms with Crippen molar-refractivity contribution in [1.82, 2.24) is 0 Å². The number of fused-ring (bicyclic) bond motifs is 1. The molecule has 0 radical (unpaired) electrons. The zero-order chi connectivity index (χ0) is 13.4. The Kier molecular flexibility index (Phi) is 2.67. The molecule has 2 N–H and O–H groups in total. The molecule has 0 bridgehead atoms. The summed E-state index contributed by atoms with van der Waals surface area (Å²) in [6, 6.07) is 9.69. The smallest absolute Gasteiger partial charge is 0.251 e. The molecule has 5 heteroatoms. The van der Waals surface area contributed by atoms with Crippen LogP contribution in [0.15, 0.2) is 42.5 Å². The molecule has 2 aromatic carbocycles. The van der Waals surface area contributed by atoms with Gasteiger partial charge in [-0.3, -0.25) is 4.79 Å². The zero-order valence-electron chi connectivity index (χ0n) is 9.78. The fraction of sp³-hybridized carbons (Fsp3) is 0.0714. The van der Waals surface area contributed by atoms with Crippen LogP contribution >= 0.6 is 0 Å². The van der Waals surface area contributed by atoms with E-state index in [-0.39, 0.29) is 11.6 Å². The fourth-order valence-corrected chi connectivity index (χ4v) is 2.11. The van der Waals surface area contributed by atoms with E-state index in [1.165, 1.54) is 6.07 Å². The molecule has 3 nitrogen and oxygen atoms in total. The van der Waals surface area contributed by atoms with Crippen molar-refractivity contribution < 1.29 is 13.6 Å². The molecule has 1 unspecified atom stereocenters. The first kappa shape index (κ1) is 11.6. The first-order chi connectivity index (χ1) is 9.15. The van der Waals surface area contributed by atoms with Gasteiger partial charge in [-0.25, -0.2) is 8.78 Å². The number of hydrogen-bond donors (Lipinski definition) is 2. The van der Waals surface area contributed by atoms with Crippen molar-refractivity contribution in [3.05, 3.63) is 59.7 Å². The highest BCUT2D eigenvalue weighted by Crippen LogP contribution is 2.33. The number of carbonyl (C=O) groups is 1. The van der Waals surface area contributed by atoms with Crippen molar-refractivity contribution in [3.8, 4) is 0 Å². The van der Waals surface area contributed by atoms with Gasteiger partial charge in [0.15, 0.2) is 0 Å². The highest BCUT2D eigenvalue weighted by Gasteiger charge is 2.30. The second kappa shape index (κ2) is 4.35. The van der Waals surface area contributed by atoms with Crippen LogP contribution in [-0.2, 0) is 4.79 Å². The Morgan fingerprint density at radius 3 is 2.68 bits per heavy atom. The summed E-state index contributed by atoms with van der Waals surface area (Å²) >= 11 is 0. The third kappa shape index (κ3) is 2.03. The normalized spacial score (nSPS) is 16.9. The lowest BCUT2D eigenvalue weighted by molar-refractivity contribution is -0.116. The molecule has 1 amide bonds. The molecule has 1 aliphatic rings. The van der Waals surface area contributed by atoms with E-state index in [9.17, 15) is 13.6 Å². The van der Waals surface area contributed by atoms with Crippen LogP contribution in [0.25, 0.3) is 0 Å². The Hall–Kier alpha value is -2.43. The van der Waals surface area contributed by atoms with E-state index >= 15 is 0 Å². The largest absolute Gasteiger partial charge is 0.368 e. The predicted octanol–water partition coefficient (Wildman–Crippen LogP) is 3.07. The van der Waals surface area contributed by atoms with E-state index in [0.29, 0.717) is 5.69 Å². The number of hydrogen-bond acceptors (Lipinski definition) is 2. The van der Waals surface area contributed by atoms with Gasteiger partial charge in [-0.1, -0.05) is 18.2 Å². The minimum absolute atomic E-state index is 0.0956. The van der Waals surface area contributed by atoms with Crippen LogP contribution in [-0.4, -0.2) is 5.91 Å². The fourth-order valence-electron chi connectivity index (χ4n) is 2.11. The lowest BCUT2D eigenvalue weighted by atomic mass is 10.1. The number of nitrogens with one attached hydrogen (secondary N) is 2. The minimum atomic E-state index is -0.725. The van der Waals surface area contributed by atoms with Crippen molar-refractivity contribution in [2.75, 3.05) is 10.6 Å². The van der Waals surface area contributed by atoms with Crippen molar-refractivity contribution >= 4 is 17.3 Å². The first-order valence-electron chi connectivity index (χ1n) is 5.76. The summed E-state index contributed by atoms with van der Waals surface area (Å²) in [6.07, 6.45) is 0. The van der Waals surface area contributed by atoms with Crippen LogP contribution in [0.2, 0.25) is 0 Å². The lowest BCUT2D eigenvalue weighted by Crippen LogP contribution is -2.20. The van der Waals surface area contributed by atoms with Crippen molar-refractivity contribution in [2.24, 2.45) is 0 Å². The van der Waals surface area contributed by atoms with Crippen LogP contribution in [0, 0.1) is 11.6 Å². The van der Waals surface area contributed by atoms with Crippen molar-refractivity contribution in [3.63, 3.8) is 0 Å². The van der Waals surface area contributed by atoms with E-state index in [1.807, 2.05) is 0 Å². The number of amides is 1. The SMILES string of the molecule is O=C1Nc2ccccc2C1Nc1ccc(F)cc1F. The summed E-state index contributed by atoms with van der Waals surface area (Å²) in [5.74, 6) is -1.64. The Balaban J connectivity index is 1.93. The van der Waals surface area contributed by atoms with Crippen molar-refractivity contribution in [2.45, 2.75) is 6.04 Å². The van der Waals surface area contributed by atoms with Gasteiger partial charge in [-0.05, 0) is 18.2 Å². The molecule has 0 saturated heterocycles. The average Bonchev–Trinajstić information content (AvgIpc) is 2.69. The van der Waals surface area contributed by atoms with Crippen LogP contribution < -0.4 is 10.6 Å². The predicted molar refractivity (Wildman–Crippen MR) is 67.8 cm³/mol. The van der Waals surface area contributed by atoms with E-state index < -0.39 is 17.7 Å². The zero-order valence-corrected chi connectivity index (χ0v) is 9.78. The van der Waals surface area contributed by atoms with Gasteiger partial charge in [0.05, 0.1) is 5.69 Å². The van der Waals surface area contributed by atoms with Crippen LogP contribution in [0.5, 0.6) is 0 Å². The van der Waals surface area contributed by atoms with E-state index in [4.69, 9.17) is 0 Å². The molecule has 0 aromatic heterocycles. The summed E-state index contributed by atoms with van der Waals surface area (Å²) in [7, 11) is 0. The number of rotatable bonds is 2. The van der Waals surface area contributed by atoms with Crippen molar-refractivity contribution in [1.29, 1.82) is 0 Å². The number of carbonyl (C=O) groups excluding carboxylic acids is 1. The molecular weight excluding hydrogens is 250 g/mol. The second-order valence-corrected chi connectivity index (χ2v) is 4.28. The summed E-state index contributed by atoms with van der Waals surface area (Å²) in [5, 5.41) is 5.49. The quantitative estimate of drug-likeness (QED) is 0.871. The average molecular weight is 260 g/mol. The Bertz CT molecular complexity index is 658. The van der Waals surface area contributed by atoms with Gasteiger partial charge >= 0.3 is 0 Å². The molecule has 0 aliphatic carbocycles. The summed E-state index contributed by atoms with van der Waals surface area (Å²) in [6.45, 7) is 0. The number of benzene rings is 2. The van der Waals surface area contributed by atoms with Gasteiger partial charge in [-0.2, -0.15) is 0 Å². The molecule has 1 aliphatic heterocycles. The van der Waals surface area contributed by atoms with E-state index in [2.05, 4.69) is 10.6 Å². The second-order valence-electron chi connectivity index (χ2n) is 4.28. The number of anilines is 2. The van der Waals surface area contributed by atoms with E-state index in [0.717, 1.165) is 17.7 Å². The maximum Gasteiger partial charge on any atom is 0.251 e. The number of para-hydroxylation sites is 1. The Labute approximate surface area is 108 Å². The standard InChI is InChI=1S/C14H10F2N2O/c15-8-5-6-12(10(16)7-8)17-13-9-3-1-2-4-11(9)18-14(13)19/h1-7,13,17H,(H,18,19). The minimum Gasteiger partial charge on any atom is -0.368 e. The summed E-state index contributed by atoms with van der Waals surface area (Å²) in [5.41, 5.74) is 1.54. The topological polar surface area (TPSA) is 41.1 Å². The molecule has 96 valence electrons. The molecule has 0 spiro atoms. The Morgan fingerprint density at radius 1 is 1.11 bits per heavy atom. The van der Waals surface area contributed by atoms with Gasteiger partial charge in [-0.15, -0.1) is 0 Å². The molecule has 3 rings (SSSR count). The maximum absolute atomic E-state index is 13.6. The molecular formula is C14H10F2N2O. The molecule has 1 atom stereocenters. The van der Waals surface area contributed by atoms with Gasteiger partial charge in [0, 0.05) is 17.3 Å². The third-order valence-electron chi connectivity index (χ3n) is 3.02. The van der Waals surface area contributed by atoms with Gasteiger partial charge in [0.25, 0.3) is 5.91 Å². The molecule has 19 heavy (non-hydrogen) atoms. The molecule has 1 heterocycles. The van der Waals surface area contributed by atoms with Crippen LogP contribution in [0.3, 0.4) is 0 Å². The van der Waals surface area contributed by atoms with Crippen LogP contribution in [0.4, 0.5) is 20.2 Å². The van der Waals surface area contributed by atoms with Crippen LogP contribution in [0.1, 0.15) is 11.6 Å². The number of halogens is 2. The highest BCUT2D eigenvalue weighted by molar-refractivity contribution is 6.04. The molecule has 0 saturated carbocycles. The summed E-state index contributed by atoms with van der Waals surface area (Å²) in [4.78, 5) is 11.8. The highest BCUT2D eigenvalue weighted by atomic mass is 19.1.